The minimum absolute atomic E-state index is 0. The van der Waals surface area contributed by atoms with Crippen LogP contribution < -0.4 is 15.4 Å². The molecule has 1 saturated heterocycles. The highest BCUT2D eigenvalue weighted by Gasteiger charge is 2.18. The predicted molar refractivity (Wildman–Crippen MR) is 92.4 cm³/mol. The van der Waals surface area contributed by atoms with Gasteiger partial charge in [-0.3, -0.25) is 4.79 Å². The lowest BCUT2D eigenvalue weighted by Crippen LogP contribution is -2.42. The zero-order valence-electron chi connectivity index (χ0n) is 12.7. The number of rotatable bonds is 6. The molecule has 1 aromatic rings. The van der Waals surface area contributed by atoms with Gasteiger partial charge < -0.3 is 10.6 Å². The molecule has 0 atom stereocenters. The Morgan fingerprint density at radius 2 is 2.04 bits per heavy atom. The Morgan fingerprint density at radius 1 is 1.35 bits per heavy atom. The summed E-state index contributed by atoms with van der Waals surface area (Å²) in [5, 5.41) is 6.18. The molecular formula is C15H22ClN3O3S. The Balaban J connectivity index is 0.00000264. The van der Waals surface area contributed by atoms with Crippen molar-refractivity contribution in [3.8, 4) is 0 Å². The zero-order chi connectivity index (χ0) is 16.0. The number of sulfonamides is 1. The highest BCUT2D eigenvalue weighted by Crippen LogP contribution is 2.12. The summed E-state index contributed by atoms with van der Waals surface area (Å²) >= 11 is 0. The van der Waals surface area contributed by atoms with Crippen LogP contribution in [-0.4, -0.2) is 40.0 Å². The quantitative estimate of drug-likeness (QED) is 0.663. The van der Waals surface area contributed by atoms with Crippen LogP contribution in [0.15, 0.2) is 41.8 Å². The standard InChI is InChI=1S/C15H21N3O3S.ClH/c1-2-8-17-22(20,21)14-5-3-4-12(11-14)15(19)18-13-6-9-16-10-7-13;/h2-5,11,13,16-17H,1,6-10H2,(H,18,19);1H. The van der Waals surface area contributed by atoms with Crippen molar-refractivity contribution < 1.29 is 13.2 Å². The molecule has 1 amide bonds. The van der Waals surface area contributed by atoms with Crippen LogP contribution in [0.5, 0.6) is 0 Å². The maximum Gasteiger partial charge on any atom is 0.251 e. The van der Waals surface area contributed by atoms with Crippen LogP contribution in [0.1, 0.15) is 23.2 Å². The van der Waals surface area contributed by atoms with Gasteiger partial charge in [0.15, 0.2) is 0 Å². The van der Waals surface area contributed by atoms with Crippen LogP contribution in [0, 0.1) is 0 Å². The van der Waals surface area contributed by atoms with Gasteiger partial charge in [-0.2, -0.15) is 0 Å². The van der Waals surface area contributed by atoms with Gasteiger partial charge in [-0.05, 0) is 44.1 Å². The minimum Gasteiger partial charge on any atom is -0.349 e. The first-order valence-corrected chi connectivity index (χ1v) is 8.73. The van der Waals surface area contributed by atoms with Crippen molar-refractivity contribution in [2.45, 2.75) is 23.8 Å². The zero-order valence-corrected chi connectivity index (χ0v) is 14.4. The van der Waals surface area contributed by atoms with Gasteiger partial charge in [0.05, 0.1) is 4.90 Å². The first kappa shape index (κ1) is 19.6. The summed E-state index contributed by atoms with van der Waals surface area (Å²) in [6.07, 6.45) is 3.22. The monoisotopic (exact) mass is 359 g/mol. The summed E-state index contributed by atoms with van der Waals surface area (Å²) < 4.78 is 26.5. The van der Waals surface area contributed by atoms with E-state index >= 15 is 0 Å². The molecule has 0 saturated carbocycles. The van der Waals surface area contributed by atoms with E-state index in [1.807, 2.05) is 0 Å². The normalized spacial score (nSPS) is 15.5. The fourth-order valence-electron chi connectivity index (χ4n) is 2.29. The molecule has 0 unspecified atom stereocenters. The van der Waals surface area contributed by atoms with Crippen LogP contribution in [0.2, 0.25) is 0 Å². The van der Waals surface area contributed by atoms with Crippen LogP contribution in [-0.2, 0) is 10.0 Å². The van der Waals surface area contributed by atoms with Gasteiger partial charge in [0.2, 0.25) is 10.0 Å². The summed E-state index contributed by atoms with van der Waals surface area (Å²) in [5.41, 5.74) is 0.347. The number of nitrogens with one attached hydrogen (secondary N) is 3. The highest BCUT2D eigenvalue weighted by atomic mass is 35.5. The molecule has 0 radical (unpaired) electrons. The van der Waals surface area contributed by atoms with Crippen LogP contribution in [0.4, 0.5) is 0 Å². The molecule has 6 nitrogen and oxygen atoms in total. The van der Waals surface area contributed by atoms with Crippen molar-refractivity contribution in [1.29, 1.82) is 0 Å². The fourth-order valence-corrected chi connectivity index (χ4v) is 3.34. The van der Waals surface area contributed by atoms with Crippen molar-refractivity contribution in [2.75, 3.05) is 19.6 Å². The van der Waals surface area contributed by atoms with Gasteiger partial charge in [-0.15, -0.1) is 19.0 Å². The lowest BCUT2D eigenvalue weighted by molar-refractivity contribution is 0.0929. The Morgan fingerprint density at radius 3 is 2.70 bits per heavy atom. The predicted octanol–water partition coefficient (Wildman–Crippen LogP) is 1.05. The fraction of sp³-hybridized carbons (Fsp3) is 0.400. The van der Waals surface area contributed by atoms with E-state index in [9.17, 15) is 13.2 Å². The van der Waals surface area contributed by atoms with E-state index in [0.29, 0.717) is 5.56 Å². The van der Waals surface area contributed by atoms with Gasteiger partial charge in [0.1, 0.15) is 0 Å². The average Bonchev–Trinajstić information content (AvgIpc) is 2.54. The summed E-state index contributed by atoms with van der Waals surface area (Å²) in [4.78, 5) is 12.3. The van der Waals surface area contributed by atoms with Crippen molar-refractivity contribution >= 4 is 28.3 Å². The molecule has 128 valence electrons. The first-order chi connectivity index (χ1) is 10.5. The van der Waals surface area contributed by atoms with Gasteiger partial charge >= 0.3 is 0 Å². The van der Waals surface area contributed by atoms with E-state index in [2.05, 4.69) is 21.9 Å². The van der Waals surface area contributed by atoms with Crippen LogP contribution in [0.3, 0.4) is 0 Å². The first-order valence-electron chi connectivity index (χ1n) is 7.25. The molecule has 1 aliphatic rings. The molecule has 0 aliphatic carbocycles. The molecule has 0 bridgehead atoms. The molecule has 8 heteroatoms. The van der Waals surface area contributed by atoms with Gasteiger partial charge in [-0.1, -0.05) is 12.1 Å². The van der Waals surface area contributed by atoms with E-state index in [0.717, 1.165) is 25.9 Å². The molecule has 1 aliphatic heterocycles. The second-order valence-electron chi connectivity index (χ2n) is 5.17. The summed E-state index contributed by atoms with van der Waals surface area (Å²) in [7, 11) is -3.62. The minimum atomic E-state index is -3.62. The molecule has 0 aromatic heterocycles. The van der Waals surface area contributed by atoms with E-state index in [-0.39, 0.29) is 35.8 Å². The maximum absolute atomic E-state index is 12.2. The van der Waals surface area contributed by atoms with Crippen molar-refractivity contribution in [2.24, 2.45) is 0 Å². The smallest absolute Gasteiger partial charge is 0.251 e. The topological polar surface area (TPSA) is 87.3 Å². The Labute approximate surface area is 143 Å². The van der Waals surface area contributed by atoms with E-state index < -0.39 is 10.0 Å². The molecular weight excluding hydrogens is 338 g/mol. The molecule has 1 heterocycles. The Hall–Kier alpha value is -1.41. The number of piperidine rings is 1. The third kappa shape index (κ3) is 5.62. The van der Waals surface area contributed by atoms with Crippen molar-refractivity contribution in [3.63, 3.8) is 0 Å². The molecule has 2 rings (SSSR count). The third-order valence-corrected chi connectivity index (χ3v) is 4.92. The second kappa shape index (κ2) is 9.02. The molecule has 1 fully saturated rings. The van der Waals surface area contributed by atoms with E-state index in [4.69, 9.17) is 0 Å². The number of amides is 1. The lowest BCUT2D eigenvalue weighted by Gasteiger charge is -2.23. The molecule has 0 spiro atoms. The van der Waals surface area contributed by atoms with E-state index in [1.165, 1.54) is 18.2 Å². The summed E-state index contributed by atoms with van der Waals surface area (Å²) in [6.45, 7) is 5.38. The van der Waals surface area contributed by atoms with Crippen LogP contribution >= 0.6 is 12.4 Å². The number of benzene rings is 1. The SMILES string of the molecule is C=CCNS(=O)(=O)c1cccc(C(=O)NC2CCNCC2)c1.Cl. The summed E-state index contributed by atoms with van der Waals surface area (Å²) in [5.74, 6) is -0.243. The van der Waals surface area contributed by atoms with Crippen molar-refractivity contribution in [1.82, 2.24) is 15.4 Å². The van der Waals surface area contributed by atoms with Crippen molar-refractivity contribution in [3.05, 3.63) is 42.5 Å². The van der Waals surface area contributed by atoms with Crippen LogP contribution in [0.25, 0.3) is 0 Å². The molecule has 23 heavy (non-hydrogen) atoms. The Kier molecular flexibility index (Phi) is 7.70. The van der Waals surface area contributed by atoms with Gasteiger partial charge in [0.25, 0.3) is 5.91 Å². The molecule has 3 N–H and O–H groups in total. The molecule has 1 aromatic carbocycles. The Bertz CT molecular complexity index is 643. The van der Waals surface area contributed by atoms with Gasteiger partial charge in [0, 0.05) is 18.2 Å². The number of halogens is 1. The maximum atomic E-state index is 12.2. The summed E-state index contributed by atoms with van der Waals surface area (Å²) in [6, 6.07) is 6.17. The largest absolute Gasteiger partial charge is 0.349 e. The number of carbonyl (C=O) groups excluding carboxylic acids is 1. The average molecular weight is 360 g/mol. The lowest BCUT2D eigenvalue weighted by atomic mass is 10.1. The third-order valence-electron chi connectivity index (χ3n) is 3.50. The van der Waals surface area contributed by atoms with Gasteiger partial charge in [-0.25, -0.2) is 13.1 Å². The second-order valence-corrected chi connectivity index (χ2v) is 6.93. The van der Waals surface area contributed by atoms with E-state index in [1.54, 1.807) is 12.1 Å². The number of hydrogen-bond acceptors (Lipinski definition) is 4. The number of hydrogen-bond donors (Lipinski definition) is 3. The number of carbonyl (C=O) groups is 1. The highest BCUT2D eigenvalue weighted by molar-refractivity contribution is 7.89.